The summed E-state index contributed by atoms with van der Waals surface area (Å²) in [4.78, 5) is 20.7. The lowest BCUT2D eigenvalue weighted by Gasteiger charge is -2.08. The van der Waals surface area contributed by atoms with E-state index in [2.05, 4.69) is 9.97 Å². The fraction of sp³-hybridized carbons (Fsp3) is 0.312. The molecule has 2 N–H and O–H groups in total. The maximum absolute atomic E-state index is 12.4. The summed E-state index contributed by atoms with van der Waals surface area (Å²) < 4.78 is 11.2. The summed E-state index contributed by atoms with van der Waals surface area (Å²) >= 11 is 1.27. The molecule has 7 heteroatoms. The highest BCUT2D eigenvalue weighted by Crippen LogP contribution is 2.31. The van der Waals surface area contributed by atoms with Gasteiger partial charge in [0.05, 0.1) is 19.0 Å². The van der Waals surface area contributed by atoms with Gasteiger partial charge in [0.1, 0.15) is 5.82 Å². The van der Waals surface area contributed by atoms with Crippen LogP contribution in [0.2, 0.25) is 0 Å². The van der Waals surface area contributed by atoms with Gasteiger partial charge < -0.3 is 15.2 Å². The number of ether oxygens (including phenoxy) is 2. The van der Waals surface area contributed by atoms with Crippen molar-refractivity contribution in [2.75, 3.05) is 24.7 Å². The maximum atomic E-state index is 12.4. The molecule has 1 aliphatic heterocycles. The number of benzene rings is 1. The molecule has 0 unspecified atom stereocenters. The highest BCUT2D eigenvalue weighted by Gasteiger charge is 2.15. The summed E-state index contributed by atoms with van der Waals surface area (Å²) in [5, 5.41) is 0.505. The third kappa shape index (κ3) is 3.92. The van der Waals surface area contributed by atoms with Gasteiger partial charge in [-0.3, -0.25) is 4.79 Å². The first kappa shape index (κ1) is 15.6. The summed E-state index contributed by atoms with van der Waals surface area (Å²) in [6.07, 6.45) is 0.833. The molecule has 1 aliphatic rings. The number of nitrogens with two attached hydrogens (primary N) is 1. The molecule has 0 radical (unpaired) electrons. The molecule has 0 atom stereocenters. The van der Waals surface area contributed by atoms with E-state index in [1.807, 2.05) is 6.92 Å². The average Bonchev–Trinajstić information content (AvgIpc) is 2.76. The summed E-state index contributed by atoms with van der Waals surface area (Å²) in [6, 6.07) is 6.95. The third-order valence-corrected chi connectivity index (χ3v) is 4.10. The molecular formula is C16H17N3O3S. The van der Waals surface area contributed by atoms with Crippen molar-refractivity contribution in [1.82, 2.24) is 9.97 Å². The van der Waals surface area contributed by atoms with Gasteiger partial charge in [0, 0.05) is 23.7 Å². The van der Waals surface area contributed by atoms with Crippen molar-refractivity contribution in [3.63, 3.8) is 0 Å². The quantitative estimate of drug-likeness (QED) is 0.523. The van der Waals surface area contributed by atoms with Gasteiger partial charge in [-0.1, -0.05) is 11.8 Å². The minimum Gasteiger partial charge on any atom is -0.490 e. The molecule has 3 rings (SSSR count). The molecule has 0 saturated carbocycles. The molecular weight excluding hydrogens is 314 g/mol. The zero-order valence-corrected chi connectivity index (χ0v) is 13.6. The Morgan fingerprint density at radius 3 is 2.78 bits per heavy atom. The van der Waals surface area contributed by atoms with E-state index in [-0.39, 0.29) is 11.5 Å². The molecule has 0 aliphatic carbocycles. The fourth-order valence-corrected chi connectivity index (χ4v) is 2.98. The molecule has 0 amide bonds. The minimum absolute atomic E-state index is 0.0191. The molecule has 120 valence electrons. The Bertz CT molecular complexity index is 716. The Morgan fingerprint density at radius 1 is 1.22 bits per heavy atom. The summed E-state index contributed by atoms with van der Waals surface area (Å²) in [5.41, 5.74) is 7.05. The van der Waals surface area contributed by atoms with Crippen LogP contribution < -0.4 is 15.2 Å². The van der Waals surface area contributed by atoms with Crippen LogP contribution in [0.5, 0.6) is 11.5 Å². The van der Waals surface area contributed by atoms with E-state index in [9.17, 15) is 4.79 Å². The largest absolute Gasteiger partial charge is 0.490 e. The van der Waals surface area contributed by atoms with Crippen molar-refractivity contribution in [1.29, 1.82) is 0 Å². The van der Waals surface area contributed by atoms with E-state index in [4.69, 9.17) is 15.2 Å². The van der Waals surface area contributed by atoms with Gasteiger partial charge in [-0.25, -0.2) is 9.97 Å². The Labute approximate surface area is 138 Å². The number of Topliss-reactive ketones (excluding diaryl/α,β-unsaturated/α-hetero) is 1. The Balaban J connectivity index is 1.69. The molecule has 0 spiro atoms. The molecule has 0 saturated heterocycles. The van der Waals surface area contributed by atoms with E-state index < -0.39 is 0 Å². The van der Waals surface area contributed by atoms with Crippen molar-refractivity contribution in [2.45, 2.75) is 18.5 Å². The number of aromatic nitrogens is 2. The van der Waals surface area contributed by atoms with Crippen LogP contribution in [0.1, 0.15) is 22.5 Å². The number of nitrogens with zero attached hydrogens (tertiary/aromatic N) is 2. The van der Waals surface area contributed by atoms with Crippen LogP contribution >= 0.6 is 11.8 Å². The maximum Gasteiger partial charge on any atom is 0.190 e. The zero-order valence-electron chi connectivity index (χ0n) is 12.7. The lowest BCUT2D eigenvalue weighted by atomic mass is 10.1. The first-order valence-electron chi connectivity index (χ1n) is 7.28. The van der Waals surface area contributed by atoms with E-state index in [1.54, 1.807) is 24.3 Å². The Kier molecular flexibility index (Phi) is 4.66. The van der Waals surface area contributed by atoms with Gasteiger partial charge in [0.2, 0.25) is 0 Å². The van der Waals surface area contributed by atoms with Crippen LogP contribution in [0.25, 0.3) is 0 Å². The molecule has 1 aromatic carbocycles. The van der Waals surface area contributed by atoms with Crippen molar-refractivity contribution in [2.24, 2.45) is 0 Å². The number of ketones is 1. The molecule has 6 nitrogen and oxygen atoms in total. The van der Waals surface area contributed by atoms with Crippen LogP contribution in [-0.2, 0) is 0 Å². The van der Waals surface area contributed by atoms with Gasteiger partial charge in [0.25, 0.3) is 0 Å². The molecule has 1 aromatic heterocycles. The van der Waals surface area contributed by atoms with Gasteiger partial charge in [0.15, 0.2) is 22.4 Å². The number of aryl methyl sites for hydroxylation is 1. The van der Waals surface area contributed by atoms with Crippen molar-refractivity contribution < 1.29 is 14.3 Å². The monoisotopic (exact) mass is 331 g/mol. The van der Waals surface area contributed by atoms with E-state index in [0.29, 0.717) is 41.3 Å². The number of rotatable bonds is 4. The number of hydrogen-bond donors (Lipinski definition) is 1. The lowest BCUT2D eigenvalue weighted by molar-refractivity contribution is 0.102. The normalized spacial score (nSPS) is 13.4. The van der Waals surface area contributed by atoms with E-state index in [1.165, 1.54) is 11.8 Å². The number of nitrogen functional groups attached to an aromatic ring is 1. The molecule has 0 fully saturated rings. The predicted octanol–water partition coefficient (Wildman–Crippen LogP) is 2.50. The highest BCUT2D eigenvalue weighted by molar-refractivity contribution is 7.99. The second-order valence-corrected chi connectivity index (χ2v) is 6.08. The van der Waals surface area contributed by atoms with Gasteiger partial charge in [-0.15, -0.1) is 0 Å². The number of carbonyl (C=O) groups excluding carboxylic acids is 1. The predicted molar refractivity (Wildman–Crippen MR) is 88.3 cm³/mol. The second kappa shape index (κ2) is 6.87. The van der Waals surface area contributed by atoms with E-state index >= 15 is 0 Å². The van der Waals surface area contributed by atoms with Crippen molar-refractivity contribution >= 4 is 23.4 Å². The summed E-state index contributed by atoms with van der Waals surface area (Å²) in [6.45, 7) is 3.06. The number of anilines is 1. The first-order chi connectivity index (χ1) is 11.1. The summed E-state index contributed by atoms with van der Waals surface area (Å²) in [7, 11) is 0. The highest BCUT2D eigenvalue weighted by atomic mass is 32.2. The molecule has 0 bridgehead atoms. The molecule has 2 heterocycles. The molecule has 23 heavy (non-hydrogen) atoms. The zero-order chi connectivity index (χ0) is 16.2. The second-order valence-electron chi connectivity index (χ2n) is 5.14. The Hall–Kier alpha value is -2.28. The molecule has 2 aromatic rings. The van der Waals surface area contributed by atoms with Gasteiger partial charge in [-0.05, 0) is 25.1 Å². The van der Waals surface area contributed by atoms with Gasteiger partial charge >= 0.3 is 0 Å². The number of thioether (sulfide) groups is 1. The fourth-order valence-electron chi connectivity index (χ4n) is 2.18. The van der Waals surface area contributed by atoms with Crippen LogP contribution in [0, 0.1) is 6.92 Å². The number of fused-ring (bicyclic) bond motifs is 1. The lowest BCUT2D eigenvalue weighted by Crippen LogP contribution is -2.05. The minimum atomic E-state index is -0.0191. The van der Waals surface area contributed by atoms with Crippen LogP contribution in [0.3, 0.4) is 0 Å². The van der Waals surface area contributed by atoms with Crippen LogP contribution in [0.4, 0.5) is 5.82 Å². The summed E-state index contributed by atoms with van der Waals surface area (Å²) in [5.74, 6) is 1.93. The van der Waals surface area contributed by atoms with Crippen LogP contribution in [0.15, 0.2) is 29.4 Å². The van der Waals surface area contributed by atoms with Crippen molar-refractivity contribution in [3.05, 3.63) is 35.5 Å². The van der Waals surface area contributed by atoms with Crippen LogP contribution in [-0.4, -0.2) is 34.7 Å². The number of carbonyl (C=O) groups is 1. The first-order valence-corrected chi connectivity index (χ1v) is 8.27. The third-order valence-electron chi connectivity index (χ3n) is 3.26. The van der Waals surface area contributed by atoms with Gasteiger partial charge in [-0.2, -0.15) is 0 Å². The van der Waals surface area contributed by atoms with E-state index in [0.717, 1.165) is 12.1 Å². The Morgan fingerprint density at radius 2 is 2.00 bits per heavy atom. The number of hydrogen-bond acceptors (Lipinski definition) is 7. The average molecular weight is 331 g/mol. The SMILES string of the molecule is Cc1cc(N)nc(SCC(=O)c2ccc3c(c2)OCCCO3)n1. The van der Waals surface area contributed by atoms with Crippen molar-refractivity contribution in [3.8, 4) is 11.5 Å². The smallest absolute Gasteiger partial charge is 0.190 e. The topological polar surface area (TPSA) is 87.3 Å². The standard InChI is InChI=1S/C16H17N3O3S/c1-10-7-15(17)19-16(18-10)23-9-12(20)11-3-4-13-14(8-11)22-6-2-5-21-13/h3-4,7-8H,2,5-6,9H2,1H3,(H2,17,18,19).